The molecule has 1 rings (SSSR count). The number of nitrogens with one attached hydrogen (secondary N) is 1. The first kappa shape index (κ1) is 16.4. The number of hydrogen-bond acceptors (Lipinski definition) is 4. The molecule has 5 nitrogen and oxygen atoms in total. The third-order valence-electron chi connectivity index (χ3n) is 2.88. The molecule has 0 aliphatic rings. The number of aromatic nitrogens is 1. The summed E-state index contributed by atoms with van der Waals surface area (Å²) in [5.41, 5.74) is 0. The summed E-state index contributed by atoms with van der Waals surface area (Å²) in [5.74, 6) is 0. The molecule has 0 aromatic carbocycles. The van der Waals surface area contributed by atoms with Crippen molar-refractivity contribution >= 4 is 21.6 Å². The largest absolute Gasteiger partial charge is 0.304 e. The van der Waals surface area contributed by atoms with Crippen molar-refractivity contribution in [2.45, 2.75) is 31.2 Å². The highest BCUT2D eigenvalue weighted by Gasteiger charge is 2.17. The van der Waals surface area contributed by atoms with Crippen molar-refractivity contribution in [2.24, 2.45) is 0 Å². The quantitative estimate of drug-likeness (QED) is 0.616. The van der Waals surface area contributed by atoms with Crippen LogP contribution in [0.1, 0.15) is 20.3 Å². The standard InChI is InChI=1S/C12H20ClN3O2S/c1-10(2)16(3)9-5-8-15-19(17,18)11-6-4-7-14-12(11)13/h4,6-7,10,15H,5,8-9H2,1-3H3. The van der Waals surface area contributed by atoms with Crippen LogP contribution in [0.4, 0.5) is 0 Å². The smallest absolute Gasteiger partial charge is 0.243 e. The lowest BCUT2D eigenvalue weighted by atomic mass is 10.3. The highest BCUT2D eigenvalue weighted by molar-refractivity contribution is 7.89. The van der Waals surface area contributed by atoms with Crippen LogP contribution in [0.5, 0.6) is 0 Å². The van der Waals surface area contributed by atoms with Crippen molar-refractivity contribution in [1.82, 2.24) is 14.6 Å². The first-order chi connectivity index (χ1) is 8.84. The monoisotopic (exact) mass is 305 g/mol. The topological polar surface area (TPSA) is 62.3 Å². The molecular weight excluding hydrogens is 286 g/mol. The van der Waals surface area contributed by atoms with E-state index in [1.54, 1.807) is 6.07 Å². The van der Waals surface area contributed by atoms with Crippen LogP contribution in [0.3, 0.4) is 0 Å². The zero-order chi connectivity index (χ0) is 14.5. The molecule has 19 heavy (non-hydrogen) atoms. The molecule has 1 aromatic rings. The van der Waals surface area contributed by atoms with Gasteiger partial charge in [-0.25, -0.2) is 18.1 Å². The average molecular weight is 306 g/mol. The van der Waals surface area contributed by atoms with Gasteiger partial charge in [0.2, 0.25) is 10.0 Å². The van der Waals surface area contributed by atoms with Gasteiger partial charge in [0.05, 0.1) is 0 Å². The molecule has 0 fully saturated rings. The maximum atomic E-state index is 12.0. The maximum Gasteiger partial charge on any atom is 0.243 e. The lowest BCUT2D eigenvalue weighted by Gasteiger charge is -2.20. The van der Waals surface area contributed by atoms with Gasteiger partial charge in [0.15, 0.2) is 0 Å². The van der Waals surface area contributed by atoms with Gasteiger partial charge in [-0.05, 0) is 46.0 Å². The fraction of sp³-hybridized carbons (Fsp3) is 0.583. The minimum atomic E-state index is -3.57. The van der Waals surface area contributed by atoms with Crippen molar-refractivity contribution in [3.8, 4) is 0 Å². The van der Waals surface area contributed by atoms with Crippen LogP contribution in [0.25, 0.3) is 0 Å². The van der Waals surface area contributed by atoms with E-state index in [-0.39, 0.29) is 10.0 Å². The van der Waals surface area contributed by atoms with Gasteiger partial charge in [0.1, 0.15) is 10.0 Å². The zero-order valence-corrected chi connectivity index (χ0v) is 13.0. The average Bonchev–Trinajstić information content (AvgIpc) is 2.34. The number of sulfonamides is 1. The molecule has 0 bridgehead atoms. The molecule has 0 spiro atoms. The number of rotatable bonds is 7. The van der Waals surface area contributed by atoms with E-state index >= 15 is 0 Å². The van der Waals surface area contributed by atoms with E-state index in [4.69, 9.17) is 11.6 Å². The second-order valence-electron chi connectivity index (χ2n) is 4.62. The van der Waals surface area contributed by atoms with E-state index in [0.29, 0.717) is 12.6 Å². The Hall–Kier alpha value is -0.690. The summed E-state index contributed by atoms with van der Waals surface area (Å²) in [6, 6.07) is 3.44. The Bertz CT molecular complexity index is 505. The fourth-order valence-corrected chi connectivity index (χ4v) is 2.97. The number of nitrogens with zero attached hydrogens (tertiary/aromatic N) is 2. The Morgan fingerprint density at radius 1 is 1.47 bits per heavy atom. The van der Waals surface area contributed by atoms with Crippen LogP contribution >= 0.6 is 11.6 Å². The second kappa shape index (κ2) is 7.19. The molecule has 0 amide bonds. The molecule has 0 atom stereocenters. The summed E-state index contributed by atoms with van der Waals surface area (Å²) in [6.07, 6.45) is 2.20. The highest BCUT2D eigenvalue weighted by Crippen LogP contribution is 2.17. The molecule has 0 aliphatic carbocycles. The van der Waals surface area contributed by atoms with Crippen LogP contribution in [-0.2, 0) is 10.0 Å². The van der Waals surface area contributed by atoms with Gasteiger partial charge in [0, 0.05) is 18.8 Å². The molecule has 0 aliphatic heterocycles. The van der Waals surface area contributed by atoms with Crippen LogP contribution < -0.4 is 4.72 Å². The molecule has 0 saturated heterocycles. The molecule has 0 radical (unpaired) electrons. The molecule has 108 valence electrons. The molecule has 7 heteroatoms. The summed E-state index contributed by atoms with van der Waals surface area (Å²) < 4.78 is 26.5. The van der Waals surface area contributed by atoms with Crippen molar-refractivity contribution in [1.29, 1.82) is 0 Å². The van der Waals surface area contributed by atoms with E-state index in [1.165, 1.54) is 12.3 Å². The summed E-state index contributed by atoms with van der Waals surface area (Å²) in [4.78, 5) is 5.94. The van der Waals surface area contributed by atoms with Gasteiger partial charge in [-0.3, -0.25) is 0 Å². The van der Waals surface area contributed by atoms with E-state index in [0.717, 1.165) is 13.0 Å². The first-order valence-electron chi connectivity index (χ1n) is 6.15. The van der Waals surface area contributed by atoms with Crippen LogP contribution in [0, 0.1) is 0 Å². The highest BCUT2D eigenvalue weighted by atomic mass is 35.5. The zero-order valence-electron chi connectivity index (χ0n) is 11.4. The number of halogens is 1. The second-order valence-corrected chi connectivity index (χ2v) is 6.71. The Kier molecular flexibility index (Phi) is 6.19. The lowest BCUT2D eigenvalue weighted by molar-refractivity contribution is 0.271. The minimum Gasteiger partial charge on any atom is -0.304 e. The van der Waals surface area contributed by atoms with Crippen molar-refractivity contribution in [3.63, 3.8) is 0 Å². The van der Waals surface area contributed by atoms with Crippen LogP contribution in [0.2, 0.25) is 5.15 Å². The van der Waals surface area contributed by atoms with Gasteiger partial charge in [0.25, 0.3) is 0 Å². The van der Waals surface area contributed by atoms with Gasteiger partial charge >= 0.3 is 0 Å². The number of hydrogen-bond donors (Lipinski definition) is 1. The fourth-order valence-electron chi connectivity index (χ4n) is 1.44. The summed E-state index contributed by atoms with van der Waals surface area (Å²) >= 11 is 5.78. The van der Waals surface area contributed by atoms with Gasteiger partial charge in [-0.1, -0.05) is 11.6 Å². The summed E-state index contributed by atoms with van der Waals surface area (Å²) in [6.45, 7) is 5.41. The lowest BCUT2D eigenvalue weighted by Crippen LogP contribution is -2.31. The molecule has 0 unspecified atom stereocenters. The van der Waals surface area contributed by atoms with E-state index in [2.05, 4.69) is 28.5 Å². The maximum absolute atomic E-state index is 12.0. The van der Waals surface area contributed by atoms with Crippen LogP contribution in [0.15, 0.2) is 23.2 Å². The van der Waals surface area contributed by atoms with E-state index in [9.17, 15) is 8.42 Å². The summed E-state index contributed by atoms with van der Waals surface area (Å²) in [7, 11) is -1.56. The molecule has 1 heterocycles. The van der Waals surface area contributed by atoms with Gasteiger partial charge < -0.3 is 4.90 Å². The Morgan fingerprint density at radius 2 is 2.16 bits per heavy atom. The summed E-state index contributed by atoms with van der Waals surface area (Å²) in [5, 5.41) is -0.00528. The van der Waals surface area contributed by atoms with E-state index < -0.39 is 10.0 Å². The third kappa shape index (κ3) is 5.06. The first-order valence-corrected chi connectivity index (χ1v) is 8.01. The number of pyridine rings is 1. The van der Waals surface area contributed by atoms with Crippen LogP contribution in [-0.4, -0.2) is 44.5 Å². The SMILES string of the molecule is CC(C)N(C)CCCNS(=O)(=O)c1cccnc1Cl. The Morgan fingerprint density at radius 3 is 2.74 bits per heavy atom. The van der Waals surface area contributed by atoms with E-state index in [1.807, 2.05) is 7.05 Å². The van der Waals surface area contributed by atoms with Crippen molar-refractivity contribution in [2.75, 3.05) is 20.1 Å². The van der Waals surface area contributed by atoms with Crippen molar-refractivity contribution < 1.29 is 8.42 Å². The predicted molar refractivity (Wildman–Crippen MR) is 76.8 cm³/mol. The third-order valence-corrected chi connectivity index (χ3v) is 4.78. The Labute approximate surface area is 120 Å². The van der Waals surface area contributed by atoms with Gasteiger partial charge in [-0.2, -0.15) is 0 Å². The normalized spacial score (nSPS) is 12.3. The Balaban J connectivity index is 2.51. The minimum absolute atomic E-state index is 0.00528. The molecule has 1 aromatic heterocycles. The van der Waals surface area contributed by atoms with Gasteiger partial charge in [-0.15, -0.1) is 0 Å². The predicted octanol–water partition coefficient (Wildman–Crippen LogP) is 1.74. The molecular formula is C12H20ClN3O2S. The van der Waals surface area contributed by atoms with Crippen molar-refractivity contribution in [3.05, 3.63) is 23.5 Å². The molecule has 1 N–H and O–H groups in total. The molecule has 0 saturated carbocycles.